The molecule has 0 heterocycles. The van der Waals surface area contributed by atoms with E-state index in [4.69, 9.17) is 9.84 Å². The standard InChI is InChI=1S/C10H18O3/c1-10(2,3)13-9(12)8-5-4-7(8)6-11/h7-8,11H,4-6H2,1-3H3/t7-,8+/m0/s1. The molecule has 1 rings (SSSR count). The number of aliphatic hydroxyl groups excluding tert-OH is 1. The molecule has 0 aromatic carbocycles. The van der Waals surface area contributed by atoms with Crippen LogP contribution in [0.3, 0.4) is 0 Å². The molecule has 1 N–H and O–H groups in total. The van der Waals surface area contributed by atoms with Gasteiger partial charge in [0.05, 0.1) is 5.92 Å². The van der Waals surface area contributed by atoms with E-state index in [1.807, 2.05) is 20.8 Å². The fourth-order valence-corrected chi connectivity index (χ4v) is 1.48. The van der Waals surface area contributed by atoms with Crippen LogP contribution in [-0.4, -0.2) is 23.3 Å². The molecule has 2 atom stereocenters. The first-order valence-corrected chi connectivity index (χ1v) is 4.78. The van der Waals surface area contributed by atoms with Crippen molar-refractivity contribution < 1.29 is 14.6 Å². The lowest BCUT2D eigenvalue weighted by Gasteiger charge is -2.35. The van der Waals surface area contributed by atoms with Crippen molar-refractivity contribution in [2.45, 2.75) is 39.2 Å². The number of hydrogen-bond donors (Lipinski definition) is 1. The van der Waals surface area contributed by atoms with Gasteiger partial charge in [-0.15, -0.1) is 0 Å². The Kier molecular flexibility index (Phi) is 2.96. The maximum absolute atomic E-state index is 11.5. The SMILES string of the molecule is CC(C)(C)OC(=O)[C@@H]1CC[C@H]1CO. The monoisotopic (exact) mass is 186 g/mol. The molecular formula is C10H18O3. The summed E-state index contributed by atoms with van der Waals surface area (Å²) >= 11 is 0. The van der Waals surface area contributed by atoms with Crippen molar-refractivity contribution in [1.29, 1.82) is 0 Å². The molecule has 3 nitrogen and oxygen atoms in total. The van der Waals surface area contributed by atoms with Crippen LogP contribution in [-0.2, 0) is 9.53 Å². The molecule has 0 unspecified atom stereocenters. The van der Waals surface area contributed by atoms with Gasteiger partial charge in [-0.1, -0.05) is 0 Å². The second-order valence-corrected chi connectivity index (χ2v) is 4.66. The predicted octanol–water partition coefficient (Wildman–Crippen LogP) is 1.35. The van der Waals surface area contributed by atoms with Gasteiger partial charge < -0.3 is 9.84 Å². The van der Waals surface area contributed by atoms with Gasteiger partial charge in [-0.3, -0.25) is 4.79 Å². The zero-order chi connectivity index (χ0) is 10.1. The molecule has 1 aliphatic rings. The van der Waals surface area contributed by atoms with E-state index in [2.05, 4.69) is 0 Å². The van der Waals surface area contributed by atoms with Crippen LogP contribution in [0.15, 0.2) is 0 Å². The minimum atomic E-state index is -0.410. The van der Waals surface area contributed by atoms with Crippen LogP contribution in [0.2, 0.25) is 0 Å². The van der Waals surface area contributed by atoms with Crippen LogP contribution in [0.1, 0.15) is 33.6 Å². The molecule has 1 saturated carbocycles. The van der Waals surface area contributed by atoms with Crippen molar-refractivity contribution >= 4 is 5.97 Å². The lowest BCUT2D eigenvalue weighted by atomic mass is 9.74. The minimum absolute atomic E-state index is 0.0655. The van der Waals surface area contributed by atoms with Crippen LogP contribution in [0, 0.1) is 11.8 Å². The third kappa shape index (κ3) is 2.69. The lowest BCUT2D eigenvalue weighted by molar-refractivity contribution is -0.167. The quantitative estimate of drug-likeness (QED) is 0.662. The molecular weight excluding hydrogens is 168 g/mol. The van der Waals surface area contributed by atoms with Crippen molar-refractivity contribution in [3.05, 3.63) is 0 Å². The van der Waals surface area contributed by atoms with Crippen molar-refractivity contribution in [3.8, 4) is 0 Å². The van der Waals surface area contributed by atoms with Gasteiger partial charge in [-0.05, 0) is 39.5 Å². The van der Waals surface area contributed by atoms with E-state index in [9.17, 15) is 4.79 Å². The number of ether oxygens (including phenoxy) is 1. The number of hydrogen-bond acceptors (Lipinski definition) is 3. The van der Waals surface area contributed by atoms with E-state index in [0.717, 1.165) is 12.8 Å². The summed E-state index contributed by atoms with van der Waals surface area (Å²) in [6.45, 7) is 5.68. The van der Waals surface area contributed by atoms with Crippen LogP contribution >= 0.6 is 0 Å². The van der Waals surface area contributed by atoms with Gasteiger partial charge >= 0.3 is 5.97 Å². The highest BCUT2D eigenvalue weighted by Gasteiger charge is 2.38. The molecule has 0 spiro atoms. The van der Waals surface area contributed by atoms with E-state index in [1.54, 1.807) is 0 Å². The average molecular weight is 186 g/mol. The molecule has 0 saturated heterocycles. The Morgan fingerprint density at radius 2 is 2.08 bits per heavy atom. The summed E-state index contributed by atoms with van der Waals surface area (Å²) in [7, 11) is 0. The molecule has 1 aliphatic carbocycles. The van der Waals surface area contributed by atoms with Crippen molar-refractivity contribution in [2.75, 3.05) is 6.61 Å². The third-order valence-electron chi connectivity index (χ3n) is 2.36. The molecule has 0 bridgehead atoms. The van der Waals surface area contributed by atoms with Gasteiger partial charge in [0.1, 0.15) is 5.60 Å². The second-order valence-electron chi connectivity index (χ2n) is 4.66. The van der Waals surface area contributed by atoms with Crippen LogP contribution in [0.5, 0.6) is 0 Å². The van der Waals surface area contributed by atoms with Gasteiger partial charge in [0.25, 0.3) is 0 Å². The van der Waals surface area contributed by atoms with Gasteiger partial charge in [0.2, 0.25) is 0 Å². The summed E-state index contributed by atoms with van der Waals surface area (Å²) in [6.07, 6.45) is 1.81. The molecule has 76 valence electrons. The van der Waals surface area contributed by atoms with E-state index >= 15 is 0 Å². The highest BCUT2D eigenvalue weighted by molar-refractivity contribution is 5.74. The Morgan fingerprint density at radius 3 is 2.38 bits per heavy atom. The fraction of sp³-hybridized carbons (Fsp3) is 0.900. The molecule has 0 aromatic rings. The highest BCUT2D eigenvalue weighted by Crippen LogP contribution is 2.35. The lowest BCUT2D eigenvalue weighted by Crippen LogP contribution is -2.39. The van der Waals surface area contributed by atoms with Crippen LogP contribution in [0.25, 0.3) is 0 Å². The molecule has 0 aromatic heterocycles. The van der Waals surface area contributed by atoms with Gasteiger partial charge in [-0.2, -0.15) is 0 Å². The first-order valence-electron chi connectivity index (χ1n) is 4.78. The van der Waals surface area contributed by atoms with E-state index < -0.39 is 5.60 Å². The zero-order valence-corrected chi connectivity index (χ0v) is 8.54. The number of aliphatic hydroxyl groups is 1. The third-order valence-corrected chi connectivity index (χ3v) is 2.36. The Morgan fingerprint density at radius 1 is 1.46 bits per heavy atom. The fourth-order valence-electron chi connectivity index (χ4n) is 1.48. The largest absolute Gasteiger partial charge is 0.460 e. The topological polar surface area (TPSA) is 46.5 Å². The molecule has 0 amide bonds. The zero-order valence-electron chi connectivity index (χ0n) is 8.54. The molecule has 0 radical (unpaired) electrons. The van der Waals surface area contributed by atoms with E-state index in [0.29, 0.717) is 0 Å². The molecule has 0 aliphatic heterocycles. The van der Waals surface area contributed by atoms with Crippen molar-refractivity contribution in [3.63, 3.8) is 0 Å². The molecule has 3 heteroatoms. The summed E-state index contributed by atoms with van der Waals surface area (Å²) in [5.74, 6) is -0.0862. The van der Waals surface area contributed by atoms with Crippen LogP contribution < -0.4 is 0 Å². The Labute approximate surface area is 79.1 Å². The summed E-state index contributed by atoms with van der Waals surface area (Å²) in [5, 5.41) is 8.90. The minimum Gasteiger partial charge on any atom is -0.460 e. The maximum Gasteiger partial charge on any atom is 0.309 e. The number of carbonyl (C=O) groups excluding carboxylic acids is 1. The Balaban J connectivity index is 2.40. The molecule has 1 fully saturated rings. The van der Waals surface area contributed by atoms with Gasteiger partial charge in [0.15, 0.2) is 0 Å². The number of carbonyl (C=O) groups is 1. The predicted molar refractivity (Wildman–Crippen MR) is 49.1 cm³/mol. The molecule has 13 heavy (non-hydrogen) atoms. The van der Waals surface area contributed by atoms with Crippen LogP contribution in [0.4, 0.5) is 0 Å². The number of rotatable bonds is 2. The average Bonchev–Trinajstić information content (AvgIpc) is 1.80. The summed E-state index contributed by atoms with van der Waals surface area (Å²) < 4.78 is 5.22. The summed E-state index contributed by atoms with van der Waals surface area (Å²) in [5.41, 5.74) is -0.410. The summed E-state index contributed by atoms with van der Waals surface area (Å²) in [6, 6.07) is 0. The van der Waals surface area contributed by atoms with Gasteiger partial charge in [0, 0.05) is 6.61 Å². The maximum atomic E-state index is 11.5. The van der Waals surface area contributed by atoms with Crippen molar-refractivity contribution in [2.24, 2.45) is 11.8 Å². The first-order chi connectivity index (χ1) is 5.94. The van der Waals surface area contributed by atoms with E-state index in [1.165, 1.54) is 0 Å². The van der Waals surface area contributed by atoms with Gasteiger partial charge in [-0.25, -0.2) is 0 Å². The highest BCUT2D eigenvalue weighted by atomic mass is 16.6. The number of esters is 1. The normalized spacial score (nSPS) is 28.0. The summed E-state index contributed by atoms with van der Waals surface area (Å²) in [4.78, 5) is 11.5. The second kappa shape index (κ2) is 3.66. The van der Waals surface area contributed by atoms with E-state index in [-0.39, 0.29) is 24.4 Å². The Bertz CT molecular complexity index is 191. The first kappa shape index (κ1) is 10.5. The Hall–Kier alpha value is -0.570. The van der Waals surface area contributed by atoms with Crippen molar-refractivity contribution in [1.82, 2.24) is 0 Å². The smallest absolute Gasteiger partial charge is 0.309 e.